The van der Waals surface area contributed by atoms with Crippen molar-refractivity contribution in [3.8, 4) is 55.6 Å². The summed E-state index contributed by atoms with van der Waals surface area (Å²) in [5.41, 5.74) is 15.5. The lowest BCUT2D eigenvalue weighted by atomic mass is 9.82. The molecule has 0 bridgehead atoms. The highest BCUT2D eigenvalue weighted by atomic mass is 16.3. The zero-order valence-electron chi connectivity index (χ0n) is 35.8. The molecule has 0 spiro atoms. The zero-order chi connectivity index (χ0) is 43.3. The van der Waals surface area contributed by atoms with Crippen molar-refractivity contribution in [2.75, 3.05) is 0 Å². The second-order valence-electron chi connectivity index (χ2n) is 17.6. The monoisotopic (exact) mass is 838 g/mol. The van der Waals surface area contributed by atoms with E-state index in [1.54, 1.807) is 0 Å². The Morgan fingerprint density at radius 1 is 0.197 bits per heavy atom. The van der Waals surface area contributed by atoms with Crippen molar-refractivity contribution in [1.29, 1.82) is 0 Å². The number of hydrogen-bond acceptors (Lipinski definition) is 2. The summed E-state index contributed by atoms with van der Waals surface area (Å²) in [5.74, 6) is 0. The summed E-state index contributed by atoms with van der Waals surface area (Å²) < 4.78 is 12.5. The molecule has 0 saturated heterocycles. The molecule has 66 heavy (non-hydrogen) atoms. The molecule has 14 rings (SSSR count). The minimum Gasteiger partial charge on any atom is -0.456 e. The molecule has 0 amide bonds. The van der Waals surface area contributed by atoms with Gasteiger partial charge in [0.05, 0.1) is 0 Å². The lowest BCUT2D eigenvalue weighted by molar-refractivity contribution is 0.668. The fraction of sp³-hybridized carbons (Fsp3) is 0. The lowest BCUT2D eigenvalue weighted by Crippen LogP contribution is -1.93. The Bertz CT molecular complexity index is 4270. The predicted molar refractivity (Wildman–Crippen MR) is 278 cm³/mol. The fourth-order valence-electron chi connectivity index (χ4n) is 10.6. The summed E-state index contributed by atoms with van der Waals surface area (Å²) in [7, 11) is 0. The molecular formula is C64H38O2. The topological polar surface area (TPSA) is 26.3 Å². The third kappa shape index (κ3) is 5.75. The van der Waals surface area contributed by atoms with Gasteiger partial charge in [-0.2, -0.15) is 0 Å². The molecule has 0 aliphatic heterocycles. The molecule has 12 aromatic carbocycles. The Morgan fingerprint density at radius 3 is 1.27 bits per heavy atom. The van der Waals surface area contributed by atoms with Crippen molar-refractivity contribution < 1.29 is 8.83 Å². The minimum atomic E-state index is 0.896. The number of para-hydroxylation sites is 2. The molecule has 0 saturated carbocycles. The summed E-state index contributed by atoms with van der Waals surface area (Å²) in [5, 5.41) is 14.3. The van der Waals surface area contributed by atoms with Crippen LogP contribution in [0.2, 0.25) is 0 Å². The number of rotatable bonds is 5. The number of fused-ring (bicyclic) bond motifs is 10. The molecule has 0 unspecified atom stereocenters. The highest BCUT2D eigenvalue weighted by Gasteiger charge is 2.21. The van der Waals surface area contributed by atoms with Gasteiger partial charge in [0, 0.05) is 21.5 Å². The van der Waals surface area contributed by atoms with Crippen LogP contribution in [0.15, 0.2) is 239 Å². The zero-order valence-corrected chi connectivity index (χ0v) is 35.8. The maximum atomic E-state index is 6.27. The van der Waals surface area contributed by atoms with Gasteiger partial charge in [-0.15, -0.1) is 0 Å². The summed E-state index contributed by atoms with van der Waals surface area (Å²) in [6.45, 7) is 0. The summed E-state index contributed by atoms with van der Waals surface area (Å²) in [6, 6.07) is 84.1. The molecule has 0 aliphatic rings. The van der Waals surface area contributed by atoms with E-state index in [0.717, 1.165) is 66.1 Å². The van der Waals surface area contributed by atoms with Crippen molar-refractivity contribution in [1.82, 2.24) is 0 Å². The molecular weight excluding hydrogens is 801 g/mol. The van der Waals surface area contributed by atoms with Crippen LogP contribution in [0.25, 0.3) is 143 Å². The van der Waals surface area contributed by atoms with Crippen LogP contribution in [0, 0.1) is 0 Å². The Hall–Kier alpha value is -8.72. The van der Waals surface area contributed by atoms with Gasteiger partial charge >= 0.3 is 0 Å². The maximum Gasteiger partial charge on any atom is 0.135 e. The third-order valence-corrected chi connectivity index (χ3v) is 13.9. The molecule has 0 aliphatic carbocycles. The van der Waals surface area contributed by atoms with Gasteiger partial charge < -0.3 is 8.83 Å². The van der Waals surface area contributed by atoms with Crippen LogP contribution in [0.4, 0.5) is 0 Å². The third-order valence-electron chi connectivity index (χ3n) is 13.9. The van der Waals surface area contributed by atoms with Gasteiger partial charge in [0.2, 0.25) is 0 Å². The molecule has 2 heterocycles. The minimum absolute atomic E-state index is 0.896. The van der Waals surface area contributed by atoms with Crippen LogP contribution in [0.1, 0.15) is 0 Å². The molecule has 0 N–H and O–H groups in total. The van der Waals surface area contributed by atoms with Crippen LogP contribution in [-0.2, 0) is 0 Å². The highest BCUT2D eigenvalue weighted by Crippen LogP contribution is 2.48. The SMILES string of the molecule is c1ccc2cc(-c3ccc(-c4c5cc(-c6ccc7oc8ccccc8c7c6)ccc5c(-c5cccc6ccccc56)c5cc(-c6ccc7oc8ccccc8c7c6)ccc45)cc3)ccc2c1. The summed E-state index contributed by atoms with van der Waals surface area (Å²) >= 11 is 0. The number of furan rings is 2. The first kappa shape index (κ1) is 36.7. The maximum absolute atomic E-state index is 6.27. The normalized spacial score (nSPS) is 11.9. The molecule has 306 valence electrons. The van der Waals surface area contributed by atoms with Crippen molar-refractivity contribution in [2.24, 2.45) is 0 Å². The number of benzene rings is 12. The Balaban J connectivity index is 1.05. The first-order valence-corrected chi connectivity index (χ1v) is 22.6. The molecule has 0 radical (unpaired) electrons. The quantitative estimate of drug-likeness (QED) is 0.161. The first-order chi connectivity index (χ1) is 32.7. The van der Waals surface area contributed by atoms with Gasteiger partial charge in [0.1, 0.15) is 22.3 Å². The first-order valence-electron chi connectivity index (χ1n) is 22.6. The Kier molecular flexibility index (Phi) is 8.02. The average Bonchev–Trinajstić information content (AvgIpc) is 3.95. The predicted octanol–water partition coefficient (Wildman–Crippen LogP) is 18.4. The second kappa shape index (κ2) is 14.4. The highest BCUT2D eigenvalue weighted by molar-refractivity contribution is 6.25. The van der Waals surface area contributed by atoms with Crippen LogP contribution in [-0.4, -0.2) is 0 Å². The standard InChI is InChI=1S/C64H38O2/c1-2-12-43-34-44(25-22-39(43)10-1)40-20-23-42(24-21-40)63-53-30-26-46(48-29-33-62-56(36-48)51-16-6-8-19-60(51)66-62)38-58(53)64(52-17-9-13-41-11-3-4-14-49(41)52)54-31-27-45(37-57(54)63)47-28-32-61-55(35-47)50-15-5-7-18-59(50)65-61/h1-38H. The van der Waals surface area contributed by atoms with Gasteiger partial charge in [-0.1, -0.05) is 176 Å². The largest absolute Gasteiger partial charge is 0.456 e. The van der Waals surface area contributed by atoms with E-state index in [-0.39, 0.29) is 0 Å². The van der Waals surface area contributed by atoms with Crippen LogP contribution in [0.5, 0.6) is 0 Å². The van der Waals surface area contributed by atoms with Crippen molar-refractivity contribution in [3.05, 3.63) is 231 Å². The summed E-state index contributed by atoms with van der Waals surface area (Å²) in [4.78, 5) is 0. The van der Waals surface area contributed by atoms with E-state index >= 15 is 0 Å². The fourth-order valence-corrected chi connectivity index (χ4v) is 10.6. The average molecular weight is 839 g/mol. The van der Waals surface area contributed by atoms with Crippen LogP contribution in [0.3, 0.4) is 0 Å². The van der Waals surface area contributed by atoms with Gasteiger partial charge in [-0.05, 0) is 153 Å². The van der Waals surface area contributed by atoms with Gasteiger partial charge in [-0.3, -0.25) is 0 Å². The van der Waals surface area contributed by atoms with Crippen LogP contribution >= 0.6 is 0 Å². The van der Waals surface area contributed by atoms with E-state index in [4.69, 9.17) is 8.83 Å². The van der Waals surface area contributed by atoms with Crippen LogP contribution < -0.4 is 0 Å². The van der Waals surface area contributed by atoms with Crippen molar-refractivity contribution >= 4 is 87.0 Å². The Morgan fingerprint density at radius 2 is 0.621 bits per heavy atom. The van der Waals surface area contributed by atoms with Gasteiger partial charge in [0.15, 0.2) is 0 Å². The second-order valence-corrected chi connectivity index (χ2v) is 17.6. The van der Waals surface area contributed by atoms with E-state index < -0.39 is 0 Å². The lowest BCUT2D eigenvalue weighted by Gasteiger charge is -2.21. The molecule has 0 atom stereocenters. The smallest absolute Gasteiger partial charge is 0.135 e. The molecule has 2 heteroatoms. The van der Waals surface area contributed by atoms with E-state index in [1.165, 1.54) is 76.5 Å². The van der Waals surface area contributed by atoms with Crippen molar-refractivity contribution in [2.45, 2.75) is 0 Å². The van der Waals surface area contributed by atoms with Gasteiger partial charge in [-0.25, -0.2) is 0 Å². The van der Waals surface area contributed by atoms with Gasteiger partial charge in [0.25, 0.3) is 0 Å². The molecule has 2 nitrogen and oxygen atoms in total. The van der Waals surface area contributed by atoms with E-state index in [9.17, 15) is 0 Å². The number of hydrogen-bond donors (Lipinski definition) is 0. The van der Waals surface area contributed by atoms with Crippen molar-refractivity contribution in [3.63, 3.8) is 0 Å². The van der Waals surface area contributed by atoms with E-state index in [1.807, 2.05) is 24.3 Å². The van der Waals surface area contributed by atoms with E-state index in [0.29, 0.717) is 0 Å². The Labute approximate surface area is 380 Å². The molecule has 14 aromatic rings. The molecule has 2 aromatic heterocycles. The molecule has 0 fully saturated rings. The van der Waals surface area contributed by atoms with E-state index in [2.05, 4.69) is 206 Å². The summed E-state index contributed by atoms with van der Waals surface area (Å²) in [6.07, 6.45) is 0.